The maximum Gasteiger partial charge on any atom is 0.251 e. The second-order valence-corrected chi connectivity index (χ2v) is 7.60. The van der Waals surface area contributed by atoms with Crippen LogP contribution >= 0.6 is 0 Å². The molecule has 0 bridgehead atoms. The lowest BCUT2D eigenvalue weighted by Gasteiger charge is -2.36. The van der Waals surface area contributed by atoms with Crippen molar-refractivity contribution >= 4 is 17.5 Å². The van der Waals surface area contributed by atoms with E-state index in [1.807, 2.05) is 4.90 Å². The highest BCUT2D eigenvalue weighted by molar-refractivity contribution is 5.81. The minimum absolute atomic E-state index is 0.155. The monoisotopic (exact) mass is 359 g/mol. The van der Waals surface area contributed by atoms with Crippen molar-refractivity contribution in [1.29, 1.82) is 0 Å². The smallest absolute Gasteiger partial charge is 0.251 e. The van der Waals surface area contributed by atoms with Gasteiger partial charge < -0.3 is 19.4 Å². The topological polar surface area (TPSA) is 61.8 Å². The first-order chi connectivity index (χ1) is 12.7. The number of piperazine rings is 1. The largest absolute Gasteiger partial charge is 0.368 e. The highest BCUT2D eigenvalue weighted by Gasteiger charge is 2.30. The van der Waals surface area contributed by atoms with Crippen molar-refractivity contribution in [1.82, 2.24) is 15.1 Å². The second kappa shape index (κ2) is 7.78. The van der Waals surface area contributed by atoms with E-state index < -0.39 is 0 Å². The highest BCUT2D eigenvalue weighted by Crippen LogP contribution is 2.24. The molecule has 0 radical (unpaired) electrons. The number of hydrogen-bond acceptors (Lipinski definition) is 6. The summed E-state index contributed by atoms with van der Waals surface area (Å²) in [5.41, 5.74) is 0. The zero-order chi connectivity index (χ0) is 17.9. The predicted octanol–water partition coefficient (Wildman–Crippen LogP) is 1.68. The predicted molar refractivity (Wildman–Crippen MR) is 100 cm³/mol. The Hall–Kier alpha value is -1.89. The molecule has 4 heterocycles. The third-order valence-corrected chi connectivity index (χ3v) is 5.85. The molecular formula is C19H29N5O2. The van der Waals surface area contributed by atoms with Crippen LogP contribution < -0.4 is 9.80 Å². The van der Waals surface area contributed by atoms with Crippen molar-refractivity contribution in [2.75, 3.05) is 49.1 Å². The Balaban J connectivity index is 1.33. The van der Waals surface area contributed by atoms with Gasteiger partial charge in [-0.2, -0.15) is 0 Å². The van der Waals surface area contributed by atoms with Crippen molar-refractivity contribution in [2.45, 2.75) is 51.2 Å². The van der Waals surface area contributed by atoms with E-state index in [1.54, 1.807) is 0 Å². The molecule has 4 rings (SSSR count). The van der Waals surface area contributed by atoms with E-state index in [0.29, 0.717) is 12.6 Å². The maximum atomic E-state index is 12.4. The molecule has 3 saturated heterocycles. The normalized spacial score (nSPS) is 27.0. The van der Waals surface area contributed by atoms with E-state index >= 15 is 0 Å². The molecule has 1 aromatic heterocycles. The average Bonchev–Trinajstić information content (AvgIpc) is 3.23. The van der Waals surface area contributed by atoms with E-state index in [1.165, 1.54) is 19.3 Å². The molecular weight excluding hydrogens is 330 g/mol. The number of amides is 1. The third-order valence-electron chi connectivity index (χ3n) is 5.85. The number of aromatic nitrogens is 2. The Kier molecular flexibility index (Phi) is 5.24. The summed E-state index contributed by atoms with van der Waals surface area (Å²) in [7, 11) is 0. The standard InChI is InChI=1S/C19H29N5O2/c1-15-5-2-3-9-24(15)18-8-7-17(20-21-18)22-10-12-23(13-11-22)19(25)16-6-4-14-26-16/h7-8,15-16H,2-6,9-14H2,1H3. The molecule has 7 nitrogen and oxygen atoms in total. The Morgan fingerprint density at radius 3 is 2.42 bits per heavy atom. The van der Waals surface area contributed by atoms with Crippen LogP contribution in [0.15, 0.2) is 12.1 Å². The third kappa shape index (κ3) is 3.63. The van der Waals surface area contributed by atoms with Crippen molar-refractivity contribution < 1.29 is 9.53 Å². The van der Waals surface area contributed by atoms with Gasteiger partial charge in [-0.1, -0.05) is 0 Å². The number of anilines is 2. The molecule has 0 aliphatic carbocycles. The molecule has 2 unspecified atom stereocenters. The summed E-state index contributed by atoms with van der Waals surface area (Å²) in [5, 5.41) is 8.94. The van der Waals surface area contributed by atoms with Crippen LogP contribution in [0, 0.1) is 0 Å². The SMILES string of the molecule is CC1CCCCN1c1ccc(N2CCN(C(=O)C3CCCO3)CC2)nn1. The first-order valence-corrected chi connectivity index (χ1v) is 9.98. The number of nitrogens with zero attached hydrogens (tertiary/aromatic N) is 5. The summed E-state index contributed by atoms with van der Waals surface area (Å²) in [5.74, 6) is 2.04. The van der Waals surface area contributed by atoms with Crippen LogP contribution in [-0.2, 0) is 9.53 Å². The highest BCUT2D eigenvalue weighted by atomic mass is 16.5. The van der Waals surface area contributed by atoms with Crippen molar-refractivity contribution in [3.05, 3.63) is 12.1 Å². The van der Waals surface area contributed by atoms with E-state index in [2.05, 4.69) is 39.1 Å². The van der Waals surface area contributed by atoms with Gasteiger partial charge in [-0.3, -0.25) is 4.79 Å². The molecule has 3 fully saturated rings. The molecule has 7 heteroatoms. The molecule has 0 aromatic carbocycles. The van der Waals surface area contributed by atoms with Gasteiger partial charge in [0.2, 0.25) is 0 Å². The van der Waals surface area contributed by atoms with Crippen molar-refractivity contribution in [2.24, 2.45) is 0 Å². The molecule has 1 aromatic rings. The lowest BCUT2D eigenvalue weighted by atomic mass is 10.0. The van der Waals surface area contributed by atoms with E-state index in [0.717, 1.165) is 57.2 Å². The molecule has 26 heavy (non-hydrogen) atoms. The van der Waals surface area contributed by atoms with E-state index in [4.69, 9.17) is 4.74 Å². The summed E-state index contributed by atoms with van der Waals surface area (Å²) in [4.78, 5) is 19.0. The van der Waals surface area contributed by atoms with Gasteiger partial charge >= 0.3 is 0 Å². The van der Waals surface area contributed by atoms with Gasteiger partial charge in [-0.25, -0.2) is 0 Å². The summed E-state index contributed by atoms with van der Waals surface area (Å²) in [6.45, 7) is 7.10. The van der Waals surface area contributed by atoms with Crippen LogP contribution in [0.25, 0.3) is 0 Å². The lowest BCUT2D eigenvalue weighted by molar-refractivity contribution is -0.141. The van der Waals surface area contributed by atoms with Crippen molar-refractivity contribution in [3.63, 3.8) is 0 Å². The Morgan fingerprint density at radius 2 is 1.77 bits per heavy atom. The van der Waals surface area contributed by atoms with Gasteiger partial charge in [0.05, 0.1) is 0 Å². The summed E-state index contributed by atoms with van der Waals surface area (Å²) >= 11 is 0. The van der Waals surface area contributed by atoms with Crippen molar-refractivity contribution in [3.8, 4) is 0 Å². The molecule has 3 aliphatic rings. The first-order valence-electron chi connectivity index (χ1n) is 9.98. The molecule has 3 aliphatic heterocycles. The molecule has 1 amide bonds. The molecule has 2 atom stereocenters. The van der Waals surface area contributed by atoms with E-state index in [9.17, 15) is 4.79 Å². The van der Waals surface area contributed by atoms with Gasteiger partial charge in [0, 0.05) is 45.4 Å². The van der Waals surface area contributed by atoms with E-state index in [-0.39, 0.29) is 12.0 Å². The van der Waals surface area contributed by atoms with Gasteiger partial charge in [0.1, 0.15) is 6.10 Å². The quantitative estimate of drug-likeness (QED) is 0.818. The fourth-order valence-electron chi connectivity index (χ4n) is 4.21. The Labute approximate surface area is 155 Å². The van der Waals surface area contributed by atoms with Gasteiger partial charge in [0.25, 0.3) is 5.91 Å². The van der Waals surface area contributed by atoms with Crippen LogP contribution in [0.3, 0.4) is 0 Å². The average molecular weight is 359 g/mol. The van der Waals surface area contributed by atoms with Crippen LogP contribution in [0.1, 0.15) is 39.0 Å². The lowest BCUT2D eigenvalue weighted by Crippen LogP contribution is -2.51. The number of carbonyl (C=O) groups excluding carboxylic acids is 1. The molecule has 0 N–H and O–H groups in total. The molecule has 142 valence electrons. The molecule has 0 spiro atoms. The first kappa shape index (κ1) is 17.5. The number of piperidine rings is 1. The van der Waals surface area contributed by atoms with Gasteiger partial charge in [0.15, 0.2) is 11.6 Å². The summed E-state index contributed by atoms with van der Waals surface area (Å²) in [6, 6.07) is 4.70. The minimum Gasteiger partial charge on any atom is -0.368 e. The number of ether oxygens (including phenoxy) is 1. The maximum absolute atomic E-state index is 12.4. The molecule has 0 saturated carbocycles. The fourth-order valence-corrected chi connectivity index (χ4v) is 4.21. The number of rotatable bonds is 3. The second-order valence-electron chi connectivity index (χ2n) is 7.60. The van der Waals surface area contributed by atoms with Crippen LogP contribution in [-0.4, -0.2) is 72.5 Å². The van der Waals surface area contributed by atoms with Crippen LogP contribution in [0.2, 0.25) is 0 Å². The zero-order valence-electron chi connectivity index (χ0n) is 15.6. The van der Waals surface area contributed by atoms with Crippen LogP contribution in [0.5, 0.6) is 0 Å². The summed E-state index contributed by atoms with van der Waals surface area (Å²) < 4.78 is 5.53. The minimum atomic E-state index is -0.216. The Bertz CT molecular complexity index is 609. The number of carbonyl (C=O) groups is 1. The Morgan fingerprint density at radius 1 is 1.00 bits per heavy atom. The van der Waals surface area contributed by atoms with Gasteiger partial charge in [-0.05, 0) is 51.2 Å². The fraction of sp³-hybridized carbons (Fsp3) is 0.737. The van der Waals surface area contributed by atoms with Crippen LogP contribution in [0.4, 0.5) is 11.6 Å². The summed E-state index contributed by atoms with van der Waals surface area (Å²) in [6.07, 6.45) is 5.40. The number of hydrogen-bond donors (Lipinski definition) is 0. The zero-order valence-corrected chi connectivity index (χ0v) is 15.6. The van der Waals surface area contributed by atoms with Gasteiger partial charge in [-0.15, -0.1) is 10.2 Å².